The molecule has 1 aromatic rings. The van der Waals surface area contributed by atoms with Crippen molar-refractivity contribution in [3.05, 3.63) is 29.3 Å². The Balaban J connectivity index is 2.44. The molecule has 108 valence electrons. The lowest BCUT2D eigenvalue weighted by molar-refractivity contribution is 0.199. The average Bonchev–Trinajstić information content (AvgIpc) is 2.71. The van der Waals surface area contributed by atoms with Gasteiger partial charge in [0.1, 0.15) is 0 Å². The van der Waals surface area contributed by atoms with E-state index < -0.39 is 6.10 Å². The van der Waals surface area contributed by atoms with Crippen LogP contribution >= 0.6 is 0 Å². The molecule has 1 aromatic carbocycles. The molecule has 3 heteroatoms. The maximum Gasteiger partial charge on any atom is 0.0992 e. The van der Waals surface area contributed by atoms with Crippen molar-refractivity contribution in [3.63, 3.8) is 0 Å². The molecule has 2 atom stereocenters. The number of hydrogen-bond acceptors (Lipinski definition) is 3. The fourth-order valence-corrected chi connectivity index (χ4v) is 3.13. The molecule has 3 nitrogen and oxygen atoms in total. The van der Waals surface area contributed by atoms with E-state index in [4.69, 9.17) is 5.26 Å². The van der Waals surface area contributed by atoms with Crippen molar-refractivity contribution in [1.29, 1.82) is 5.26 Å². The van der Waals surface area contributed by atoms with Crippen molar-refractivity contribution >= 4 is 5.69 Å². The predicted molar refractivity (Wildman–Crippen MR) is 81.7 cm³/mol. The van der Waals surface area contributed by atoms with Crippen LogP contribution in [0.5, 0.6) is 0 Å². The highest BCUT2D eigenvalue weighted by Crippen LogP contribution is 2.32. The fraction of sp³-hybridized carbons (Fsp3) is 0.588. The lowest BCUT2D eigenvalue weighted by Gasteiger charge is -2.33. The van der Waals surface area contributed by atoms with Gasteiger partial charge in [-0.25, -0.2) is 0 Å². The van der Waals surface area contributed by atoms with Crippen LogP contribution < -0.4 is 4.90 Å². The zero-order chi connectivity index (χ0) is 14.5. The molecule has 1 aliphatic heterocycles. The van der Waals surface area contributed by atoms with E-state index in [2.05, 4.69) is 17.9 Å². The van der Waals surface area contributed by atoms with E-state index in [1.807, 2.05) is 12.1 Å². The molecule has 0 saturated carbocycles. The molecule has 0 amide bonds. The standard InChI is InChI=1S/C17H24N2O/c1-3-15-7-5-4-6-10-19(15)17-11-14(12-18)8-9-16(17)13(2)20/h8-9,11,13,15,20H,3-7,10H2,1-2H3/t13-,15?/m1/s1. The predicted octanol–water partition coefficient (Wildman–Crippen LogP) is 3.77. The van der Waals surface area contributed by atoms with Crippen LogP contribution in [0.1, 0.15) is 63.2 Å². The minimum absolute atomic E-state index is 0.501. The molecule has 0 aliphatic carbocycles. The molecule has 2 rings (SSSR count). The first kappa shape index (κ1) is 14.9. The smallest absolute Gasteiger partial charge is 0.0992 e. The van der Waals surface area contributed by atoms with E-state index in [1.54, 1.807) is 13.0 Å². The first-order chi connectivity index (χ1) is 9.67. The van der Waals surface area contributed by atoms with Crippen LogP contribution in [0.2, 0.25) is 0 Å². The number of aliphatic hydroxyl groups is 1. The summed E-state index contributed by atoms with van der Waals surface area (Å²) in [6.07, 6.45) is 5.54. The number of nitrogens with zero attached hydrogens (tertiary/aromatic N) is 2. The summed E-state index contributed by atoms with van der Waals surface area (Å²) in [5.41, 5.74) is 2.65. The Hall–Kier alpha value is -1.53. The SMILES string of the molecule is CCC1CCCCCN1c1cc(C#N)ccc1[C@@H](C)O. The summed E-state index contributed by atoms with van der Waals surface area (Å²) in [4.78, 5) is 2.41. The number of rotatable bonds is 3. The maximum absolute atomic E-state index is 10.0. The monoisotopic (exact) mass is 272 g/mol. The molecule has 1 fully saturated rings. The molecule has 0 spiro atoms. The lowest BCUT2D eigenvalue weighted by atomic mass is 10.0. The van der Waals surface area contributed by atoms with Gasteiger partial charge in [-0.05, 0) is 38.3 Å². The Morgan fingerprint density at radius 1 is 1.40 bits per heavy atom. The molecule has 1 unspecified atom stereocenters. The normalized spacial score (nSPS) is 21.1. The number of nitriles is 1. The Morgan fingerprint density at radius 3 is 2.85 bits per heavy atom. The molecule has 0 aromatic heterocycles. The summed E-state index contributed by atoms with van der Waals surface area (Å²) in [6.45, 7) is 5.04. The van der Waals surface area contributed by atoms with Gasteiger partial charge in [0.15, 0.2) is 0 Å². The quantitative estimate of drug-likeness (QED) is 0.911. The van der Waals surface area contributed by atoms with Crippen LogP contribution in [0.3, 0.4) is 0 Å². The van der Waals surface area contributed by atoms with Gasteiger partial charge in [-0.15, -0.1) is 0 Å². The van der Waals surface area contributed by atoms with Gasteiger partial charge in [-0.1, -0.05) is 25.8 Å². The Morgan fingerprint density at radius 2 is 2.20 bits per heavy atom. The van der Waals surface area contributed by atoms with Crippen LogP contribution in [0.25, 0.3) is 0 Å². The third-order valence-corrected chi connectivity index (χ3v) is 4.27. The van der Waals surface area contributed by atoms with Gasteiger partial charge in [0.2, 0.25) is 0 Å². The summed E-state index contributed by atoms with van der Waals surface area (Å²) in [6, 6.07) is 8.37. The minimum Gasteiger partial charge on any atom is -0.389 e. The van der Waals surface area contributed by atoms with Crippen molar-refractivity contribution in [1.82, 2.24) is 0 Å². The summed E-state index contributed by atoms with van der Waals surface area (Å²) in [7, 11) is 0. The maximum atomic E-state index is 10.0. The second-order valence-corrected chi connectivity index (χ2v) is 5.67. The van der Waals surface area contributed by atoms with Crippen LogP contribution in [0.4, 0.5) is 5.69 Å². The van der Waals surface area contributed by atoms with Gasteiger partial charge in [0, 0.05) is 23.8 Å². The molecule has 1 aliphatic rings. The first-order valence-electron chi connectivity index (χ1n) is 7.66. The summed E-state index contributed by atoms with van der Waals surface area (Å²) in [5.74, 6) is 0. The van der Waals surface area contributed by atoms with Crippen LogP contribution in [0.15, 0.2) is 18.2 Å². The van der Waals surface area contributed by atoms with Gasteiger partial charge < -0.3 is 10.0 Å². The van der Waals surface area contributed by atoms with Gasteiger partial charge in [-0.2, -0.15) is 5.26 Å². The topological polar surface area (TPSA) is 47.3 Å². The van der Waals surface area contributed by atoms with Crippen molar-refractivity contribution in [3.8, 4) is 6.07 Å². The molecule has 0 bridgehead atoms. The third kappa shape index (κ3) is 3.13. The minimum atomic E-state index is -0.501. The highest BCUT2D eigenvalue weighted by molar-refractivity contribution is 5.59. The molecule has 1 saturated heterocycles. The average molecular weight is 272 g/mol. The van der Waals surface area contributed by atoms with E-state index in [0.29, 0.717) is 11.6 Å². The molecule has 0 radical (unpaired) electrons. The second kappa shape index (κ2) is 6.76. The van der Waals surface area contributed by atoms with Gasteiger partial charge in [0.25, 0.3) is 0 Å². The Bertz CT molecular complexity index is 490. The van der Waals surface area contributed by atoms with E-state index in [1.165, 1.54) is 25.7 Å². The summed E-state index contributed by atoms with van der Waals surface area (Å²) in [5, 5.41) is 19.2. The van der Waals surface area contributed by atoms with E-state index in [0.717, 1.165) is 24.2 Å². The van der Waals surface area contributed by atoms with Crippen LogP contribution in [-0.4, -0.2) is 17.7 Å². The van der Waals surface area contributed by atoms with E-state index in [-0.39, 0.29) is 0 Å². The van der Waals surface area contributed by atoms with Crippen molar-refractivity contribution < 1.29 is 5.11 Å². The summed E-state index contributed by atoms with van der Waals surface area (Å²) < 4.78 is 0. The number of benzene rings is 1. The van der Waals surface area contributed by atoms with E-state index >= 15 is 0 Å². The highest BCUT2D eigenvalue weighted by Gasteiger charge is 2.23. The van der Waals surface area contributed by atoms with Crippen molar-refractivity contribution in [2.24, 2.45) is 0 Å². The highest BCUT2D eigenvalue weighted by atomic mass is 16.3. The van der Waals surface area contributed by atoms with Gasteiger partial charge >= 0.3 is 0 Å². The van der Waals surface area contributed by atoms with Crippen LogP contribution in [0, 0.1) is 11.3 Å². The van der Waals surface area contributed by atoms with E-state index in [9.17, 15) is 5.11 Å². The molecule has 1 N–H and O–H groups in total. The first-order valence-corrected chi connectivity index (χ1v) is 7.66. The number of hydrogen-bond donors (Lipinski definition) is 1. The second-order valence-electron chi connectivity index (χ2n) is 5.67. The van der Waals surface area contributed by atoms with Crippen molar-refractivity contribution in [2.75, 3.05) is 11.4 Å². The summed E-state index contributed by atoms with van der Waals surface area (Å²) >= 11 is 0. The molecular formula is C17H24N2O. The number of anilines is 1. The number of aliphatic hydroxyl groups excluding tert-OH is 1. The van der Waals surface area contributed by atoms with Crippen LogP contribution in [-0.2, 0) is 0 Å². The Labute approximate surface area is 121 Å². The fourth-order valence-electron chi connectivity index (χ4n) is 3.13. The molecule has 20 heavy (non-hydrogen) atoms. The third-order valence-electron chi connectivity index (χ3n) is 4.27. The van der Waals surface area contributed by atoms with Gasteiger partial charge in [-0.3, -0.25) is 0 Å². The lowest BCUT2D eigenvalue weighted by Crippen LogP contribution is -2.35. The largest absolute Gasteiger partial charge is 0.389 e. The van der Waals surface area contributed by atoms with Crippen molar-refractivity contribution in [2.45, 2.75) is 58.1 Å². The zero-order valence-electron chi connectivity index (χ0n) is 12.5. The molecule has 1 heterocycles. The van der Waals surface area contributed by atoms with Gasteiger partial charge in [0.05, 0.1) is 17.7 Å². The molecular weight excluding hydrogens is 248 g/mol. The Kier molecular flexibility index (Phi) is 5.03. The zero-order valence-corrected chi connectivity index (χ0v) is 12.5.